The van der Waals surface area contributed by atoms with Gasteiger partial charge in [-0.15, -0.1) is 0 Å². The molecule has 0 aliphatic heterocycles. The molecule has 22 heavy (non-hydrogen) atoms. The fraction of sp³-hybridized carbons (Fsp3) is 0.0588. The van der Waals surface area contributed by atoms with Crippen molar-refractivity contribution in [2.75, 3.05) is 12.8 Å². The van der Waals surface area contributed by atoms with Gasteiger partial charge in [0.15, 0.2) is 5.82 Å². The summed E-state index contributed by atoms with van der Waals surface area (Å²) in [5.41, 5.74) is 7.78. The van der Waals surface area contributed by atoms with E-state index in [2.05, 4.69) is 9.97 Å². The highest BCUT2D eigenvalue weighted by Gasteiger charge is 2.08. The molecule has 0 saturated carbocycles. The highest BCUT2D eigenvalue weighted by Crippen LogP contribution is 2.32. The molecule has 0 amide bonds. The summed E-state index contributed by atoms with van der Waals surface area (Å²) >= 11 is 1.49. The van der Waals surface area contributed by atoms with E-state index in [1.54, 1.807) is 13.3 Å². The van der Waals surface area contributed by atoms with Crippen LogP contribution in [-0.2, 0) is 0 Å². The summed E-state index contributed by atoms with van der Waals surface area (Å²) in [6, 6.07) is 17.7. The van der Waals surface area contributed by atoms with Crippen LogP contribution in [0.1, 0.15) is 0 Å². The second-order valence-corrected chi connectivity index (χ2v) is 5.65. The third-order valence-corrected chi connectivity index (χ3v) is 4.11. The molecule has 3 aromatic rings. The van der Waals surface area contributed by atoms with E-state index in [-0.39, 0.29) is 0 Å². The average molecular weight is 309 g/mol. The Labute approximate surface area is 133 Å². The van der Waals surface area contributed by atoms with Crippen LogP contribution >= 0.6 is 11.8 Å². The fourth-order valence-electron chi connectivity index (χ4n) is 1.96. The van der Waals surface area contributed by atoms with Crippen LogP contribution in [0.15, 0.2) is 70.7 Å². The first-order valence-corrected chi connectivity index (χ1v) is 7.58. The lowest BCUT2D eigenvalue weighted by Crippen LogP contribution is -1.97. The van der Waals surface area contributed by atoms with E-state index < -0.39 is 0 Å². The molecular weight excluding hydrogens is 294 g/mol. The van der Waals surface area contributed by atoms with Gasteiger partial charge in [0, 0.05) is 10.5 Å². The number of aromatic nitrogens is 2. The maximum Gasteiger partial charge on any atom is 0.156 e. The molecular formula is C17H15N3OS. The van der Waals surface area contributed by atoms with Crippen molar-refractivity contribution in [1.82, 2.24) is 9.97 Å². The first kappa shape index (κ1) is 14.4. The van der Waals surface area contributed by atoms with Gasteiger partial charge in [-0.2, -0.15) is 0 Å². The molecule has 0 spiro atoms. The number of hydrogen-bond donors (Lipinski definition) is 1. The maximum absolute atomic E-state index is 5.95. The number of nitrogens with zero attached hydrogens (tertiary/aromatic N) is 2. The van der Waals surface area contributed by atoms with Crippen molar-refractivity contribution in [3.63, 3.8) is 0 Å². The Bertz CT molecular complexity index is 761. The molecule has 2 aromatic carbocycles. The van der Waals surface area contributed by atoms with E-state index in [9.17, 15) is 0 Å². The van der Waals surface area contributed by atoms with E-state index >= 15 is 0 Å². The van der Waals surface area contributed by atoms with Gasteiger partial charge in [-0.1, -0.05) is 42.1 Å². The summed E-state index contributed by atoms with van der Waals surface area (Å²) < 4.78 is 5.16. The Balaban J connectivity index is 1.89. The van der Waals surface area contributed by atoms with Crippen molar-refractivity contribution in [3.8, 4) is 17.0 Å². The number of ether oxygens (including phenoxy) is 1. The largest absolute Gasteiger partial charge is 0.497 e. The van der Waals surface area contributed by atoms with Gasteiger partial charge in [-0.25, -0.2) is 9.97 Å². The first-order valence-electron chi connectivity index (χ1n) is 6.76. The smallest absolute Gasteiger partial charge is 0.156 e. The van der Waals surface area contributed by atoms with Crippen LogP contribution in [-0.4, -0.2) is 17.1 Å². The first-order chi connectivity index (χ1) is 10.8. The fourth-order valence-corrected chi connectivity index (χ4v) is 2.76. The summed E-state index contributed by atoms with van der Waals surface area (Å²) in [6.07, 6.45) is 1.70. The van der Waals surface area contributed by atoms with Crippen LogP contribution < -0.4 is 10.5 Å². The molecule has 0 aliphatic carbocycles. The zero-order chi connectivity index (χ0) is 15.4. The number of benzene rings is 2. The summed E-state index contributed by atoms with van der Waals surface area (Å²) in [6.45, 7) is 0. The topological polar surface area (TPSA) is 61.0 Å². The lowest BCUT2D eigenvalue weighted by Gasteiger charge is -2.07. The highest BCUT2D eigenvalue weighted by molar-refractivity contribution is 7.99. The number of anilines is 1. The van der Waals surface area contributed by atoms with E-state index in [4.69, 9.17) is 10.5 Å². The van der Waals surface area contributed by atoms with Gasteiger partial charge >= 0.3 is 0 Å². The average Bonchev–Trinajstić information content (AvgIpc) is 2.58. The molecule has 0 radical (unpaired) electrons. The number of nitrogens with two attached hydrogens (primary N) is 1. The zero-order valence-corrected chi connectivity index (χ0v) is 12.9. The van der Waals surface area contributed by atoms with Crippen LogP contribution in [0.25, 0.3) is 11.3 Å². The Morgan fingerprint density at radius 3 is 2.41 bits per heavy atom. The zero-order valence-electron chi connectivity index (χ0n) is 12.1. The minimum absolute atomic E-state index is 0.431. The van der Waals surface area contributed by atoms with Crippen molar-refractivity contribution in [2.24, 2.45) is 0 Å². The van der Waals surface area contributed by atoms with E-state index in [0.717, 1.165) is 21.9 Å². The normalized spacial score (nSPS) is 10.4. The van der Waals surface area contributed by atoms with Gasteiger partial charge in [0.1, 0.15) is 10.8 Å². The van der Waals surface area contributed by atoms with Crippen molar-refractivity contribution >= 4 is 17.6 Å². The van der Waals surface area contributed by atoms with E-state index in [1.807, 2.05) is 54.6 Å². The minimum Gasteiger partial charge on any atom is -0.497 e. The molecule has 0 unspecified atom stereocenters. The standard InChI is InChI=1S/C17H15N3OS/c1-21-13-7-9-14(10-8-13)22-17-16(18)19-11-15(20-17)12-5-3-2-4-6-12/h2-11H,1H3,(H2,18,19). The Hall–Kier alpha value is -2.53. The molecule has 1 heterocycles. The molecule has 110 valence electrons. The van der Waals surface area contributed by atoms with Crippen molar-refractivity contribution in [3.05, 3.63) is 60.8 Å². The second-order valence-electron chi connectivity index (χ2n) is 4.59. The second kappa shape index (κ2) is 6.49. The van der Waals surface area contributed by atoms with Crippen LogP contribution in [0, 0.1) is 0 Å². The number of rotatable bonds is 4. The summed E-state index contributed by atoms with van der Waals surface area (Å²) in [4.78, 5) is 9.91. The lowest BCUT2D eigenvalue weighted by atomic mass is 10.2. The maximum atomic E-state index is 5.95. The third-order valence-electron chi connectivity index (χ3n) is 3.11. The monoisotopic (exact) mass is 309 g/mol. The molecule has 3 rings (SSSR count). The van der Waals surface area contributed by atoms with Crippen LogP contribution in [0.2, 0.25) is 0 Å². The van der Waals surface area contributed by atoms with E-state index in [1.165, 1.54) is 11.8 Å². The molecule has 4 nitrogen and oxygen atoms in total. The molecule has 5 heteroatoms. The molecule has 0 atom stereocenters. The molecule has 1 aromatic heterocycles. The number of methoxy groups -OCH3 is 1. The van der Waals surface area contributed by atoms with Gasteiger partial charge < -0.3 is 10.5 Å². The summed E-state index contributed by atoms with van der Waals surface area (Å²) in [5, 5.41) is 0.700. The quantitative estimate of drug-likeness (QED) is 0.792. The molecule has 0 aliphatic rings. The van der Waals surface area contributed by atoms with Gasteiger partial charge in [0.05, 0.1) is 19.0 Å². The highest BCUT2D eigenvalue weighted by atomic mass is 32.2. The lowest BCUT2D eigenvalue weighted by molar-refractivity contribution is 0.414. The van der Waals surface area contributed by atoms with Gasteiger partial charge in [0.25, 0.3) is 0 Å². The number of hydrogen-bond acceptors (Lipinski definition) is 5. The minimum atomic E-state index is 0.431. The number of nitrogen functional groups attached to an aromatic ring is 1. The summed E-state index contributed by atoms with van der Waals surface area (Å²) in [5.74, 6) is 1.25. The molecule has 0 bridgehead atoms. The Morgan fingerprint density at radius 1 is 1.00 bits per heavy atom. The van der Waals surface area contributed by atoms with Crippen molar-refractivity contribution in [1.29, 1.82) is 0 Å². The van der Waals surface area contributed by atoms with E-state index in [0.29, 0.717) is 10.8 Å². The molecule has 0 fully saturated rings. The van der Waals surface area contributed by atoms with Gasteiger partial charge in [-0.05, 0) is 24.3 Å². The molecule has 2 N–H and O–H groups in total. The predicted molar refractivity (Wildman–Crippen MR) is 89.0 cm³/mol. The SMILES string of the molecule is COc1ccc(Sc2nc(-c3ccccc3)cnc2N)cc1. The van der Waals surface area contributed by atoms with Gasteiger partial charge in [0.2, 0.25) is 0 Å². The van der Waals surface area contributed by atoms with Crippen LogP contribution in [0.4, 0.5) is 5.82 Å². The van der Waals surface area contributed by atoms with Gasteiger partial charge in [-0.3, -0.25) is 0 Å². The molecule has 0 saturated heterocycles. The van der Waals surface area contributed by atoms with Crippen molar-refractivity contribution in [2.45, 2.75) is 9.92 Å². The Kier molecular flexibility index (Phi) is 4.25. The van der Waals surface area contributed by atoms with Crippen LogP contribution in [0.5, 0.6) is 5.75 Å². The predicted octanol–water partition coefficient (Wildman–Crippen LogP) is 3.89. The summed E-state index contributed by atoms with van der Waals surface area (Å²) in [7, 11) is 1.65. The Morgan fingerprint density at radius 2 is 1.73 bits per heavy atom. The van der Waals surface area contributed by atoms with Crippen molar-refractivity contribution < 1.29 is 4.74 Å². The van der Waals surface area contributed by atoms with Crippen LogP contribution in [0.3, 0.4) is 0 Å². The third kappa shape index (κ3) is 3.20.